The van der Waals surface area contributed by atoms with Crippen molar-refractivity contribution in [1.29, 1.82) is 0 Å². The molecule has 1 fully saturated rings. The molecule has 0 aliphatic heterocycles. The zero-order valence-corrected chi connectivity index (χ0v) is 9.66. The van der Waals surface area contributed by atoms with E-state index in [1.165, 1.54) is 31.1 Å². The van der Waals surface area contributed by atoms with E-state index in [2.05, 4.69) is 5.32 Å². The molecule has 0 aromatic heterocycles. The van der Waals surface area contributed by atoms with Crippen LogP contribution < -0.4 is 5.32 Å². The van der Waals surface area contributed by atoms with Gasteiger partial charge in [-0.1, -0.05) is 31.0 Å². The molecule has 1 aliphatic rings. The minimum Gasteiger partial charge on any atom is -0.350 e. The summed E-state index contributed by atoms with van der Waals surface area (Å²) in [5.41, 5.74) is 0.439. The van der Waals surface area contributed by atoms with Crippen LogP contribution in [0.15, 0.2) is 30.3 Å². The van der Waals surface area contributed by atoms with Crippen LogP contribution in [0.1, 0.15) is 31.2 Å². The van der Waals surface area contributed by atoms with Crippen LogP contribution in [0.5, 0.6) is 0 Å². The first-order valence-corrected chi connectivity index (χ1v) is 5.99. The Hall–Kier alpha value is -1.64. The number of benzene rings is 1. The van der Waals surface area contributed by atoms with Crippen LogP contribution in [0.4, 0.5) is 4.39 Å². The third-order valence-corrected chi connectivity index (χ3v) is 3.02. The van der Waals surface area contributed by atoms with Crippen molar-refractivity contribution in [3.05, 3.63) is 41.7 Å². The van der Waals surface area contributed by atoms with Crippen LogP contribution in [-0.2, 0) is 4.79 Å². The Labute approximate surface area is 101 Å². The molecule has 1 aromatic carbocycles. The van der Waals surface area contributed by atoms with Crippen molar-refractivity contribution in [2.75, 3.05) is 0 Å². The molecule has 1 amide bonds. The minimum absolute atomic E-state index is 0.139. The van der Waals surface area contributed by atoms with Gasteiger partial charge in [0.15, 0.2) is 0 Å². The van der Waals surface area contributed by atoms with E-state index in [-0.39, 0.29) is 11.7 Å². The van der Waals surface area contributed by atoms with E-state index in [0.717, 1.165) is 12.8 Å². The molecule has 2 nitrogen and oxygen atoms in total. The Morgan fingerprint density at radius 1 is 1.29 bits per heavy atom. The second-order valence-electron chi connectivity index (χ2n) is 4.34. The first-order chi connectivity index (χ1) is 8.25. The molecule has 0 heterocycles. The molecular weight excluding hydrogens is 217 g/mol. The molecule has 3 heteroatoms. The monoisotopic (exact) mass is 233 g/mol. The Kier molecular flexibility index (Phi) is 3.91. The van der Waals surface area contributed by atoms with Gasteiger partial charge in [-0.25, -0.2) is 4.39 Å². The third-order valence-electron chi connectivity index (χ3n) is 3.02. The Morgan fingerprint density at radius 3 is 2.71 bits per heavy atom. The summed E-state index contributed by atoms with van der Waals surface area (Å²) in [7, 11) is 0. The standard InChI is InChI=1S/C14H16FNO/c15-13-8-4-1-5-11(13)9-10-14(17)16-12-6-2-3-7-12/h1,4-5,8-10,12H,2-3,6-7H2,(H,16,17)/b10-9+. The average Bonchev–Trinajstić information content (AvgIpc) is 2.81. The summed E-state index contributed by atoms with van der Waals surface area (Å²) in [5.74, 6) is -0.447. The second kappa shape index (κ2) is 5.62. The van der Waals surface area contributed by atoms with Gasteiger partial charge < -0.3 is 5.32 Å². The topological polar surface area (TPSA) is 29.1 Å². The number of carbonyl (C=O) groups is 1. The van der Waals surface area contributed by atoms with E-state index in [1.807, 2.05) is 0 Å². The number of amides is 1. The lowest BCUT2D eigenvalue weighted by molar-refractivity contribution is -0.117. The van der Waals surface area contributed by atoms with Crippen molar-refractivity contribution in [3.63, 3.8) is 0 Å². The molecule has 1 saturated carbocycles. The van der Waals surface area contributed by atoms with Gasteiger partial charge >= 0.3 is 0 Å². The van der Waals surface area contributed by atoms with Gasteiger partial charge in [0.25, 0.3) is 0 Å². The maximum absolute atomic E-state index is 13.3. The van der Waals surface area contributed by atoms with E-state index in [0.29, 0.717) is 11.6 Å². The van der Waals surface area contributed by atoms with Gasteiger partial charge in [0.1, 0.15) is 5.82 Å². The van der Waals surface area contributed by atoms with Crippen molar-refractivity contribution in [2.45, 2.75) is 31.7 Å². The number of rotatable bonds is 3. The number of hydrogen-bond donors (Lipinski definition) is 1. The fraction of sp³-hybridized carbons (Fsp3) is 0.357. The van der Waals surface area contributed by atoms with Gasteiger partial charge in [-0.05, 0) is 25.0 Å². The summed E-state index contributed by atoms with van der Waals surface area (Å²) in [6, 6.07) is 6.71. The van der Waals surface area contributed by atoms with Crippen molar-refractivity contribution in [3.8, 4) is 0 Å². The van der Waals surface area contributed by atoms with E-state index >= 15 is 0 Å². The highest BCUT2D eigenvalue weighted by molar-refractivity contribution is 5.91. The maximum Gasteiger partial charge on any atom is 0.244 e. The lowest BCUT2D eigenvalue weighted by Crippen LogP contribution is -2.30. The summed E-state index contributed by atoms with van der Waals surface area (Å²) in [6.07, 6.45) is 7.39. The van der Waals surface area contributed by atoms with Crippen LogP contribution >= 0.6 is 0 Å². The quantitative estimate of drug-likeness (QED) is 0.799. The SMILES string of the molecule is O=C(/C=C/c1ccccc1F)NC1CCCC1. The zero-order chi connectivity index (χ0) is 12.1. The van der Waals surface area contributed by atoms with E-state index in [4.69, 9.17) is 0 Å². The van der Waals surface area contributed by atoms with Crippen molar-refractivity contribution in [1.82, 2.24) is 5.32 Å². The normalized spacial score (nSPS) is 16.5. The molecule has 0 radical (unpaired) electrons. The van der Waals surface area contributed by atoms with Gasteiger partial charge in [0.2, 0.25) is 5.91 Å². The molecule has 0 unspecified atom stereocenters. The molecule has 2 rings (SSSR count). The van der Waals surface area contributed by atoms with Crippen LogP contribution in [0.3, 0.4) is 0 Å². The van der Waals surface area contributed by atoms with Crippen molar-refractivity contribution >= 4 is 12.0 Å². The Bertz CT molecular complexity index is 422. The first-order valence-electron chi connectivity index (χ1n) is 5.99. The Morgan fingerprint density at radius 2 is 2.00 bits per heavy atom. The first kappa shape index (κ1) is 11.8. The summed E-state index contributed by atoms with van der Waals surface area (Å²) in [5, 5.41) is 2.92. The van der Waals surface area contributed by atoms with Gasteiger partial charge in [-0.3, -0.25) is 4.79 Å². The van der Waals surface area contributed by atoms with Crippen LogP contribution in [0, 0.1) is 5.82 Å². The number of nitrogens with one attached hydrogen (secondary N) is 1. The molecule has 1 N–H and O–H groups in total. The average molecular weight is 233 g/mol. The summed E-state index contributed by atoms with van der Waals surface area (Å²) in [6.45, 7) is 0. The molecule has 1 aromatic rings. The summed E-state index contributed by atoms with van der Waals surface area (Å²) in [4.78, 5) is 11.6. The molecule has 0 atom stereocenters. The van der Waals surface area contributed by atoms with Crippen molar-refractivity contribution < 1.29 is 9.18 Å². The third kappa shape index (κ3) is 3.41. The summed E-state index contributed by atoms with van der Waals surface area (Å²) < 4.78 is 13.3. The van der Waals surface area contributed by atoms with Gasteiger partial charge in [-0.2, -0.15) is 0 Å². The molecule has 1 aliphatic carbocycles. The molecule has 90 valence electrons. The predicted molar refractivity (Wildman–Crippen MR) is 65.8 cm³/mol. The molecule has 17 heavy (non-hydrogen) atoms. The Balaban J connectivity index is 1.91. The fourth-order valence-electron chi connectivity index (χ4n) is 2.10. The highest BCUT2D eigenvalue weighted by atomic mass is 19.1. The highest BCUT2D eigenvalue weighted by Gasteiger charge is 2.15. The maximum atomic E-state index is 13.3. The number of halogens is 1. The number of hydrogen-bond acceptors (Lipinski definition) is 1. The van der Waals surface area contributed by atoms with Gasteiger partial charge in [0.05, 0.1) is 0 Å². The van der Waals surface area contributed by atoms with Gasteiger partial charge in [-0.15, -0.1) is 0 Å². The van der Waals surface area contributed by atoms with E-state index in [1.54, 1.807) is 18.2 Å². The van der Waals surface area contributed by atoms with Gasteiger partial charge in [0, 0.05) is 17.7 Å². The summed E-state index contributed by atoms with van der Waals surface area (Å²) >= 11 is 0. The fourth-order valence-corrected chi connectivity index (χ4v) is 2.10. The molecular formula is C14H16FNO. The predicted octanol–water partition coefficient (Wildman–Crippen LogP) is 2.90. The highest BCUT2D eigenvalue weighted by Crippen LogP contribution is 2.17. The minimum atomic E-state index is -0.308. The molecule has 0 bridgehead atoms. The lowest BCUT2D eigenvalue weighted by atomic mass is 10.2. The lowest BCUT2D eigenvalue weighted by Gasteiger charge is -2.09. The van der Waals surface area contributed by atoms with E-state index < -0.39 is 0 Å². The smallest absolute Gasteiger partial charge is 0.244 e. The largest absolute Gasteiger partial charge is 0.350 e. The molecule has 0 saturated heterocycles. The second-order valence-corrected chi connectivity index (χ2v) is 4.34. The molecule has 0 spiro atoms. The zero-order valence-electron chi connectivity index (χ0n) is 9.66. The van der Waals surface area contributed by atoms with E-state index in [9.17, 15) is 9.18 Å². The van der Waals surface area contributed by atoms with Crippen LogP contribution in [0.25, 0.3) is 6.08 Å². The number of carbonyl (C=O) groups excluding carboxylic acids is 1. The van der Waals surface area contributed by atoms with Crippen LogP contribution in [-0.4, -0.2) is 11.9 Å². The van der Waals surface area contributed by atoms with Crippen LogP contribution in [0.2, 0.25) is 0 Å². The van der Waals surface area contributed by atoms with Crippen molar-refractivity contribution in [2.24, 2.45) is 0 Å².